The molecule has 3 aromatic rings. The van der Waals surface area contributed by atoms with E-state index in [0.29, 0.717) is 24.0 Å². The summed E-state index contributed by atoms with van der Waals surface area (Å²) in [5, 5.41) is 4.12. The lowest BCUT2D eigenvalue weighted by Crippen LogP contribution is -2.29. The smallest absolute Gasteiger partial charge is 0.249 e. The van der Waals surface area contributed by atoms with Crippen LogP contribution < -0.4 is 9.47 Å². The lowest BCUT2D eigenvalue weighted by atomic mass is 10.1. The Balaban J connectivity index is 1.32. The topological polar surface area (TPSA) is 77.7 Å². The van der Waals surface area contributed by atoms with E-state index in [1.807, 2.05) is 49.4 Å². The normalized spacial score (nSPS) is 17.8. The molecular weight excluding hydrogens is 382 g/mol. The van der Waals surface area contributed by atoms with Gasteiger partial charge in [0.2, 0.25) is 24.4 Å². The Labute approximate surface area is 173 Å². The summed E-state index contributed by atoms with van der Waals surface area (Å²) in [6.07, 6.45) is 5.06. The van der Waals surface area contributed by atoms with Gasteiger partial charge in [-0.05, 0) is 49.6 Å². The molecular formula is C23H21N3O4. The maximum Gasteiger partial charge on any atom is 0.249 e. The lowest BCUT2D eigenvalue weighted by molar-refractivity contribution is -0.127. The van der Waals surface area contributed by atoms with E-state index in [0.717, 1.165) is 35.3 Å². The van der Waals surface area contributed by atoms with Crippen molar-refractivity contribution in [2.75, 3.05) is 13.3 Å². The van der Waals surface area contributed by atoms with Crippen molar-refractivity contribution in [2.45, 2.75) is 25.8 Å². The molecule has 0 unspecified atom stereocenters. The van der Waals surface area contributed by atoms with Gasteiger partial charge in [-0.25, -0.2) is 0 Å². The molecule has 1 amide bonds. The number of nitrogens with zero attached hydrogens (tertiary/aromatic N) is 3. The number of amides is 1. The highest BCUT2D eigenvalue weighted by molar-refractivity contribution is 5.92. The average Bonchev–Trinajstić information content (AvgIpc) is 3.51. The van der Waals surface area contributed by atoms with Crippen LogP contribution in [0.15, 0.2) is 53.1 Å². The minimum Gasteiger partial charge on any atom is -0.454 e. The summed E-state index contributed by atoms with van der Waals surface area (Å²) in [5.74, 6) is 2.36. The maximum absolute atomic E-state index is 12.9. The first kappa shape index (κ1) is 18.4. The SMILES string of the molecule is Cc1cccc(-c2noc([C@@H]3CCCN3C(=O)/C=C/c3ccc4c(c3)OCO4)n2)c1. The summed E-state index contributed by atoms with van der Waals surface area (Å²) in [6, 6.07) is 13.3. The number of ether oxygens (including phenoxy) is 2. The number of aromatic nitrogens is 2. The van der Waals surface area contributed by atoms with Crippen molar-refractivity contribution in [1.82, 2.24) is 15.0 Å². The van der Waals surface area contributed by atoms with Crippen molar-refractivity contribution in [1.29, 1.82) is 0 Å². The number of benzene rings is 2. The molecule has 1 fully saturated rings. The van der Waals surface area contributed by atoms with Gasteiger partial charge in [0.15, 0.2) is 11.5 Å². The summed E-state index contributed by atoms with van der Waals surface area (Å²) in [5.41, 5.74) is 2.91. The number of rotatable bonds is 4. The third-order valence-electron chi connectivity index (χ3n) is 5.35. The third-order valence-corrected chi connectivity index (χ3v) is 5.35. The van der Waals surface area contributed by atoms with Crippen LogP contribution in [0.5, 0.6) is 11.5 Å². The van der Waals surface area contributed by atoms with E-state index in [-0.39, 0.29) is 18.7 Å². The van der Waals surface area contributed by atoms with Crippen LogP contribution >= 0.6 is 0 Å². The van der Waals surface area contributed by atoms with Crippen molar-refractivity contribution >= 4 is 12.0 Å². The van der Waals surface area contributed by atoms with Crippen LogP contribution in [-0.4, -0.2) is 34.3 Å². The molecule has 1 saturated heterocycles. The number of likely N-dealkylation sites (tertiary alicyclic amines) is 1. The molecule has 0 spiro atoms. The third kappa shape index (κ3) is 3.54. The fourth-order valence-electron chi connectivity index (χ4n) is 3.84. The summed E-state index contributed by atoms with van der Waals surface area (Å²) >= 11 is 0. The molecule has 3 heterocycles. The predicted molar refractivity (Wildman–Crippen MR) is 110 cm³/mol. The molecule has 0 radical (unpaired) electrons. The largest absolute Gasteiger partial charge is 0.454 e. The molecule has 0 bridgehead atoms. The van der Waals surface area contributed by atoms with Crippen LogP contribution in [0, 0.1) is 6.92 Å². The van der Waals surface area contributed by atoms with Crippen LogP contribution in [0.3, 0.4) is 0 Å². The first-order valence-corrected chi connectivity index (χ1v) is 9.96. The predicted octanol–water partition coefficient (Wildman–Crippen LogP) is 4.15. The highest BCUT2D eigenvalue weighted by Gasteiger charge is 2.33. The van der Waals surface area contributed by atoms with E-state index in [2.05, 4.69) is 10.1 Å². The van der Waals surface area contributed by atoms with Crippen LogP contribution in [-0.2, 0) is 4.79 Å². The molecule has 152 valence electrons. The van der Waals surface area contributed by atoms with Gasteiger partial charge in [-0.3, -0.25) is 4.79 Å². The fraction of sp³-hybridized carbons (Fsp3) is 0.261. The number of hydrogen-bond donors (Lipinski definition) is 0. The van der Waals surface area contributed by atoms with Crippen LogP contribution in [0.25, 0.3) is 17.5 Å². The Morgan fingerprint density at radius 1 is 1.17 bits per heavy atom. The van der Waals surface area contributed by atoms with E-state index >= 15 is 0 Å². The van der Waals surface area contributed by atoms with Crippen LogP contribution in [0.1, 0.15) is 35.9 Å². The molecule has 0 saturated carbocycles. The van der Waals surface area contributed by atoms with E-state index in [1.54, 1.807) is 17.1 Å². The van der Waals surface area contributed by atoms with Crippen molar-refractivity contribution in [3.05, 3.63) is 65.6 Å². The van der Waals surface area contributed by atoms with Gasteiger partial charge in [0, 0.05) is 18.2 Å². The summed E-state index contributed by atoms with van der Waals surface area (Å²) in [6.45, 7) is 2.91. The second kappa shape index (κ2) is 7.67. The summed E-state index contributed by atoms with van der Waals surface area (Å²) in [7, 11) is 0. The number of hydrogen-bond acceptors (Lipinski definition) is 6. The van der Waals surface area contributed by atoms with Crippen molar-refractivity contribution in [3.63, 3.8) is 0 Å². The standard InChI is InChI=1S/C23H21N3O4/c1-15-4-2-5-17(12-15)22-24-23(30-25-22)18-6-3-11-26(18)21(27)10-8-16-7-9-19-20(13-16)29-14-28-19/h2,4-5,7-10,12-13,18H,3,6,11,14H2,1H3/b10-8+/t18-/m0/s1. The van der Waals surface area contributed by atoms with E-state index < -0.39 is 0 Å². The second-order valence-corrected chi connectivity index (χ2v) is 7.46. The Morgan fingerprint density at radius 2 is 2.07 bits per heavy atom. The molecule has 5 rings (SSSR count). The molecule has 0 aliphatic carbocycles. The van der Waals surface area contributed by atoms with E-state index in [4.69, 9.17) is 14.0 Å². The van der Waals surface area contributed by atoms with Gasteiger partial charge < -0.3 is 18.9 Å². The Kier molecular flexibility index (Phi) is 4.71. The van der Waals surface area contributed by atoms with E-state index in [1.165, 1.54) is 0 Å². The second-order valence-electron chi connectivity index (χ2n) is 7.46. The molecule has 7 heteroatoms. The molecule has 7 nitrogen and oxygen atoms in total. The number of carbonyl (C=O) groups excluding carboxylic acids is 1. The zero-order chi connectivity index (χ0) is 20.5. The molecule has 2 aliphatic heterocycles. The van der Waals surface area contributed by atoms with Crippen LogP contribution in [0.2, 0.25) is 0 Å². The Bertz CT molecular complexity index is 1120. The number of fused-ring (bicyclic) bond motifs is 1. The highest BCUT2D eigenvalue weighted by atomic mass is 16.7. The maximum atomic E-state index is 12.9. The Morgan fingerprint density at radius 3 is 2.97 bits per heavy atom. The number of aryl methyl sites for hydroxylation is 1. The van der Waals surface area contributed by atoms with Gasteiger partial charge in [-0.2, -0.15) is 4.98 Å². The zero-order valence-corrected chi connectivity index (χ0v) is 16.6. The zero-order valence-electron chi connectivity index (χ0n) is 16.6. The van der Waals surface area contributed by atoms with E-state index in [9.17, 15) is 4.79 Å². The van der Waals surface area contributed by atoms with Gasteiger partial charge in [0.05, 0.1) is 0 Å². The molecule has 2 aliphatic rings. The molecule has 2 aromatic carbocycles. The van der Waals surface area contributed by atoms with Crippen molar-refractivity contribution in [3.8, 4) is 22.9 Å². The minimum atomic E-state index is -0.204. The van der Waals surface area contributed by atoms with Gasteiger partial charge in [-0.1, -0.05) is 35.0 Å². The first-order valence-electron chi connectivity index (χ1n) is 9.96. The number of carbonyl (C=O) groups is 1. The van der Waals surface area contributed by atoms with Crippen LogP contribution in [0.4, 0.5) is 0 Å². The lowest BCUT2D eigenvalue weighted by Gasteiger charge is -2.20. The quantitative estimate of drug-likeness (QED) is 0.609. The monoisotopic (exact) mass is 403 g/mol. The highest BCUT2D eigenvalue weighted by Crippen LogP contribution is 2.34. The van der Waals surface area contributed by atoms with Gasteiger partial charge >= 0.3 is 0 Å². The van der Waals surface area contributed by atoms with Gasteiger partial charge in [0.1, 0.15) is 6.04 Å². The summed E-state index contributed by atoms with van der Waals surface area (Å²) in [4.78, 5) is 19.2. The minimum absolute atomic E-state index is 0.0783. The van der Waals surface area contributed by atoms with Gasteiger partial charge in [0.25, 0.3) is 0 Å². The molecule has 30 heavy (non-hydrogen) atoms. The average molecular weight is 403 g/mol. The molecule has 1 atom stereocenters. The molecule has 0 N–H and O–H groups in total. The fourth-order valence-corrected chi connectivity index (χ4v) is 3.84. The first-order chi connectivity index (χ1) is 14.7. The molecule has 1 aromatic heterocycles. The Hall–Kier alpha value is -3.61. The van der Waals surface area contributed by atoms with Crippen molar-refractivity contribution in [2.24, 2.45) is 0 Å². The van der Waals surface area contributed by atoms with Gasteiger partial charge in [-0.15, -0.1) is 0 Å². The summed E-state index contributed by atoms with van der Waals surface area (Å²) < 4.78 is 16.2. The van der Waals surface area contributed by atoms with Crippen molar-refractivity contribution < 1.29 is 18.8 Å².